The first-order valence-electron chi connectivity index (χ1n) is 11.4. The number of nitrogens with zero attached hydrogens (tertiary/aromatic N) is 1. The number of carbonyl (C=O) groups is 2. The molecule has 1 amide bonds. The second kappa shape index (κ2) is 13.2. The highest BCUT2D eigenvalue weighted by Gasteiger charge is 2.36. The maximum Gasteiger partial charge on any atom is 0.411 e. The zero-order valence-corrected chi connectivity index (χ0v) is 22.4. The number of benzene rings is 1. The number of ether oxygens (including phenoxy) is 2. The van der Waals surface area contributed by atoms with Gasteiger partial charge in [0.1, 0.15) is 18.2 Å². The summed E-state index contributed by atoms with van der Waals surface area (Å²) in [7, 11) is -1.95. The molecule has 0 fully saturated rings. The molecule has 1 rings (SSSR count). The maximum atomic E-state index is 13.0. The lowest BCUT2D eigenvalue weighted by molar-refractivity contribution is -0.150. The number of carbonyl (C=O) groups excluding carboxylic acids is 2. The molecule has 1 aromatic carbocycles. The molecule has 6 nitrogen and oxygen atoms in total. The Morgan fingerprint density at radius 1 is 1.06 bits per heavy atom. The molecule has 32 heavy (non-hydrogen) atoms. The van der Waals surface area contributed by atoms with Crippen LogP contribution in [0, 0.1) is 0 Å². The first kappa shape index (κ1) is 28.5. The molecule has 0 saturated carbocycles. The summed E-state index contributed by atoms with van der Waals surface area (Å²) in [4.78, 5) is 27.2. The van der Waals surface area contributed by atoms with Gasteiger partial charge in [0, 0.05) is 5.88 Å². The average molecular weight is 486 g/mol. The second-order valence-corrected chi connectivity index (χ2v) is 14.1. The van der Waals surface area contributed by atoms with Crippen LogP contribution in [0.4, 0.5) is 4.79 Å². The van der Waals surface area contributed by atoms with Crippen molar-refractivity contribution < 1.29 is 23.5 Å². The van der Waals surface area contributed by atoms with E-state index in [0.717, 1.165) is 23.7 Å². The summed E-state index contributed by atoms with van der Waals surface area (Å²) in [5, 5.41) is 0. The zero-order chi connectivity index (χ0) is 24.4. The Bertz CT molecular complexity index is 698. The molecule has 0 N–H and O–H groups in total. The minimum atomic E-state index is -1.95. The van der Waals surface area contributed by atoms with E-state index in [-0.39, 0.29) is 25.1 Å². The van der Waals surface area contributed by atoms with Crippen molar-refractivity contribution in [3.63, 3.8) is 0 Å². The molecule has 2 atom stereocenters. The fourth-order valence-electron chi connectivity index (χ4n) is 3.38. The molecule has 8 heteroatoms. The summed E-state index contributed by atoms with van der Waals surface area (Å²) in [5.41, 5.74) is 0.179. The molecule has 0 aromatic heterocycles. The average Bonchev–Trinajstić information content (AvgIpc) is 2.77. The van der Waals surface area contributed by atoms with Crippen LogP contribution in [0.2, 0.25) is 18.1 Å². The summed E-state index contributed by atoms with van der Waals surface area (Å²) in [5.74, 6) is -0.280. The molecule has 0 spiro atoms. The van der Waals surface area contributed by atoms with E-state index < -0.39 is 32.0 Å². The van der Waals surface area contributed by atoms with Crippen LogP contribution >= 0.6 is 11.6 Å². The van der Waals surface area contributed by atoms with Gasteiger partial charge in [-0.3, -0.25) is 4.90 Å². The number of halogens is 1. The van der Waals surface area contributed by atoms with E-state index >= 15 is 0 Å². The van der Waals surface area contributed by atoms with Crippen molar-refractivity contribution in [1.82, 2.24) is 4.90 Å². The van der Waals surface area contributed by atoms with Crippen molar-refractivity contribution in [2.75, 3.05) is 12.4 Å². The van der Waals surface area contributed by atoms with E-state index in [1.54, 1.807) is 27.7 Å². The van der Waals surface area contributed by atoms with Gasteiger partial charge in [0.25, 0.3) is 0 Å². The third-order valence-electron chi connectivity index (χ3n) is 5.58. The van der Waals surface area contributed by atoms with Crippen LogP contribution in [-0.4, -0.2) is 55.5 Å². The van der Waals surface area contributed by atoms with Crippen LogP contribution in [-0.2, 0) is 25.3 Å². The van der Waals surface area contributed by atoms with Crippen LogP contribution in [0.15, 0.2) is 30.3 Å². The first-order chi connectivity index (χ1) is 15.0. The van der Waals surface area contributed by atoms with E-state index in [0.29, 0.717) is 0 Å². The zero-order valence-electron chi connectivity index (χ0n) is 20.7. The highest BCUT2D eigenvalue weighted by atomic mass is 35.5. The fraction of sp³-hybridized carbons (Fsp3) is 0.667. The van der Waals surface area contributed by atoms with E-state index in [2.05, 4.69) is 20.8 Å². The lowest BCUT2D eigenvalue weighted by Crippen LogP contribution is -2.52. The third kappa shape index (κ3) is 9.12. The Kier molecular flexibility index (Phi) is 11.7. The minimum absolute atomic E-state index is 0.138. The summed E-state index contributed by atoms with van der Waals surface area (Å²) in [6.07, 6.45) is -0.975. The van der Waals surface area contributed by atoms with Gasteiger partial charge >= 0.3 is 12.1 Å². The van der Waals surface area contributed by atoms with Crippen LogP contribution in [0.3, 0.4) is 0 Å². The smallest absolute Gasteiger partial charge is 0.411 e. The van der Waals surface area contributed by atoms with E-state index in [1.165, 1.54) is 4.90 Å². The molecule has 0 unspecified atom stereocenters. The molecule has 0 saturated heterocycles. The molecule has 0 aliphatic rings. The number of alkyl halides is 1. The van der Waals surface area contributed by atoms with Crippen LogP contribution in [0.25, 0.3) is 0 Å². The molecule has 0 bridgehead atoms. The number of amides is 1. The third-order valence-corrected chi connectivity index (χ3v) is 10.6. The van der Waals surface area contributed by atoms with Crippen LogP contribution < -0.4 is 0 Å². The normalized spacial score (nSPS) is 13.9. The number of rotatable bonds is 12. The van der Waals surface area contributed by atoms with Gasteiger partial charge in [-0.25, -0.2) is 9.59 Å². The number of hydrogen-bond acceptors (Lipinski definition) is 5. The molecule has 0 radical (unpaired) electrons. The topological polar surface area (TPSA) is 65.1 Å². The van der Waals surface area contributed by atoms with Crippen molar-refractivity contribution in [3.8, 4) is 0 Å². The molecular formula is C24H40ClNO5Si. The Hall–Kier alpha value is -1.57. The highest BCUT2D eigenvalue weighted by Crippen LogP contribution is 2.25. The van der Waals surface area contributed by atoms with Gasteiger partial charge in [-0.1, -0.05) is 51.1 Å². The number of esters is 1. The lowest BCUT2D eigenvalue weighted by atomic mass is 10.2. The van der Waals surface area contributed by atoms with Gasteiger partial charge < -0.3 is 13.9 Å². The summed E-state index contributed by atoms with van der Waals surface area (Å²) in [6, 6.07) is 11.5. The Morgan fingerprint density at radius 2 is 1.62 bits per heavy atom. The fourth-order valence-corrected chi connectivity index (χ4v) is 6.51. The monoisotopic (exact) mass is 485 g/mol. The second-order valence-electron chi connectivity index (χ2n) is 9.04. The lowest BCUT2D eigenvalue weighted by Gasteiger charge is -2.37. The Morgan fingerprint density at radius 3 is 2.09 bits per heavy atom. The van der Waals surface area contributed by atoms with Crippen molar-refractivity contribution in [3.05, 3.63) is 35.9 Å². The maximum absolute atomic E-state index is 13.0. The van der Waals surface area contributed by atoms with Crippen LogP contribution in [0.5, 0.6) is 0 Å². The first-order valence-corrected chi connectivity index (χ1v) is 14.5. The summed E-state index contributed by atoms with van der Waals surface area (Å²) < 4.78 is 17.6. The number of hydrogen-bond donors (Lipinski definition) is 0. The van der Waals surface area contributed by atoms with Crippen molar-refractivity contribution in [2.24, 2.45) is 0 Å². The SMILES string of the molecule is CC[Si](CC)(CC)O[C@@H](CCl)CN(C(=O)OC(C)(C)C)[C@@H](C)C(=O)OCc1ccccc1. The Labute approximate surface area is 199 Å². The highest BCUT2D eigenvalue weighted by molar-refractivity contribution is 6.73. The quantitative estimate of drug-likeness (QED) is 0.207. The minimum Gasteiger partial charge on any atom is -0.459 e. The van der Waals surface area contributed by atoms with E-state index in [4.69, 9.17) is 25.5 Å². The van der Waals surface area contributed by atoms with Gasteiger partial charge in [-0.05, 0) is 51.4 Å². The predicted molar refractivity (Wildman–Crippen MR) is 131 cm³/mol. The summed E-state index contributed by atoms with van der Waals surface area (Å²) >= 11 is 6.25. The van der Waals surface area contributed by atoms with E-state index in [9.17, 15) is 9.59 Å². The van der Waals surface area contributed by atoms with E-state index in [1.807, 2.05) is 30.3 Å². The van der Waals surface area contributed by atoms with Gasteiger partial charge in [-0.2, -0.15) is 0 Å². The molecule has 182 valence electrons. The van der Waals surface area contributed by atoms with Crippen molar-refractivity contribution in [1.29, 1.82) is 0 Å². The predicted octanol–water partition coefficient (Wildman–Crippen LogP) is 5.98. The molecule has 0 aliphatic carbocycles. The van der Waals surface area contributed by atoms with Crippen molar-refractivity contribution in [2.45, 2.75) is 91.0 Å². The molecule has 0 aliphatic heterocycles. The van der Waals surface area contributed by atoms with Gasteiger partial charge in [0.05, 0.1) is 12.6 Å². The molecule has 1 aromatic rings. The molecular weight excluding hydrogens is 446 g/mol. The van der Waals surface area contributed by atoms with Gasteiger partial charge in [0.15, 0.2) is 8.32 Å². The largest absolute Gasteiger partial charge is 0.459 e. The van der Waals surface area contributed by atoms with Crippen molar-refractivity contribution >= 4 is 32.0 Å². The molecule has 0 heterocycles. The summed E-state index contributed by atoms with van der Waals surface area (Å²) in [6.45, 7) is 13.7. The van der Waals surface area contributed by atoms with Crippen LogP contribution in [0.1, 0.15) is 54.0 Å². The Balaban J connectivity index is 3.01. The van der Waals surface area contributed by atoms with Gasteiger partial charge in [-0.15, -0.1) is 11.6 Å². The standard InChI is InChI=1S/C24H40ClNO5Si/c1-8-32(9-2,10-3)31-21(16-25)17-26(23(28)30-24(5,6)7)19(4)22(27)29-18-20-14-12-11-13-15-20/h11-15,19,21H,8-10,16-18H2,1-7H3/t19-,21-/m0/s1. The van der Waals surface area contributed by atoms with Gasteiger partial charge in [0.2, 0.25) is 0 Å².